The highest BCUT2D eigenvalue weighted by Crippen LogP contribution is 2.31. The molecule has 1 amide bonds. The molecule has 1 aromatic rings. The SMILES string of the molecule is CN1CCC[C@@H]1COc1nc2c(c(N3CCN(C)[C@@H](CC#N)C3)n1)CCN(C(=O)OC(C)(C)C)C2. The van der Waals surface area contributed by atoms with Gasteiger partial charge in [-0.15, -0.1) is 0 Å². The molecule has 1 aromatic heterocycles. The molecule has 2 saturated heterocycles. The van der Waals surface area contributed by atoms with Gasteiger partial charge in [-0.3, -0.25) is 4.90 Å². The van der Waals surface area contributed by atoms with Crippen LogP contribution in [0.25, 0.3) is 0 Å². The third kappa shape index (κ3) is 6.14. The van der Waals surface area contributed by atoms with E-state index in [1.54, 1.807) is 4.90 Å². The number of nitriles is 1. The average Bonchev–Trinajstić information content (AvgIpc) is 3.22. The van der Waals surface area contributed by atoms with E-state index in [-0.39, 0.29) is 12.1 Å². The Morgan fingerprint density at radius 2 is 1.89 bits per heavy atom. The second-order valence-electron chi connectivity index (χ2n) is 10.9. The summed E-state index contributed by atoms with van der Waals surface area (Å²) in [5.41, 5.74) is 1.33. The van der Waals surface area contributed by atoms with Gasteiger partial charge >= 0.3 is 12.1 Å². The molecular weight excluding hydrogens is 446 g/mol. The van der Waals surface area contributed by atoms with Crippen LogP contribution in [0.5, 0.6) is 6.01 Å². The molecule has 0 bridgehead atoms. The van der Waals surface area contributed by atoms with Crippen LogP contribution >= 0.6 is 0 Å². The number of carbonyl (C=O) groups is 1. The number of carbonyl (C=O) groups excluding carboxylic acids is 1. The highest BCUT2D eigenvalue weighted by atomic mass is 16.6. The van der Waals surface area contributed by atoms with E-state index >= 15 is 0 Å². The number of hydrogen-bond acceptors (Lipinski definition) is 9. The summed E-state index contributed by atoms with van der Waals surface area (Å²) in [6.45, 7) is 10.6. The molecule has 0 aromatic carbocycles. The van der Waals surface area contributed by atoms with Gasteiger partial charge in [0.15, 0.2) is 0 Å². The molecule has 0 unspecified atom stereocenters. The molecule has 0 spiro atoms. The van der Waals surface area contributed by atoms with Gasteiger partial charge in [0.2, 0.25) is 0 Å². The second-order valence-corrected chi connectivity index (χ2v) is 10.9. The summed E-state index contributed by atoms with van der Waals surface area (Å²) in [6.07, 6.45) is 3.09. The van der Waals surface area contributed by atoms with Crippen LogP contribution in [0.1, 0.15) is 51.3 Å². The van der Waals surface area contributed by atoms with Gasteiger partial charge in [-0.05, 0) is 60.7 Å². The minimum atomic E-state index is -0.550. The van der Waals surface area contributed by atoms with Crippen molar-refractivity contribution in [2.45, 2.75) is 70.7 Å². The Hall–Kier alpha value is -2.64. The zero-order valence-electron chi connectivity index (χ0n) is 21.8. The molecule has 0 saturated carbocycles. The molecule has 0 aliphatic carbocycles. The monoisotopic (exact) mass is 485 g/mol. The maximum atomic E-state index is 12.8. The minimum absolute atomic E-state index is 0.151. The molecule has 10 heteroatoms. The van der Waals surface area contributed by atoms with E-state index in [1.165, 1.54) is 6.42 Å². The van der Waals surface area contributed by atoms with Crippen molar-refractivity contribution < 1.29 is 14.3 Å². The van der Waals surface area contributed by atoms with Crippen molar-refractivity contribution in [3.8, 4) is 12.1 Å². The predicted octanol–water partition coefficient (Wildman–Crippen LogP) is 2.28. The van der Waals surface area contributed by atoms with Crippen LogP contribution in [0.4, 0.5) is 10.6 Å². The lowest BCUT2D eigenvalue weighted by atomic mass is 10.0. The molecular formula is C25H39N7O3. The summed E-state index contributed by atoms with van der Waals surface area (Å²) in [5.74, 6) is 0.879. The summed E-state index contributed by atoms with van der Waals surface area (Å²) in [4.78, 5) is 30.9. The molecule has 192 valence electrons. The molecule has 0 radical (unpaired) electrons. The average molecular weight is 486 g/mol. The van der Waals surface area contributed by atoms with E-state index in [0.29, 0.717) is 44.6 Å². The summed E-state index contributed by atoms with van der Waals surface area (Å²) in [6, 6.07) is 3.19. The molecule has 2 atom stereocenters. The van der Waals surface area contributed by atoms with Crippen molar-refractivity contribution >= 4 is 11.9 Å². The van der Waals surface area contributed by atoms with Gasteiger partial charge in [-0.2, -0.15) is 15.2 Å². The van der Waals surface area contributed by atoms with E-state index in [0.717, 1.165) is 49.7 Å². The summed E-state index contributed by atoms with van der Waals surface area (Å²) >= 11 is 0. The number of fused-ring (bicyclic) bond motifs is 1. The van der Waals surface area contributed by atoms with Crippen LogP contribution in [0.2, 0.25) is 0 Å². The zero-order chi connectivity index (χ0) is 25.2. The van der Waals surface area contributed by atoms with Crippen LogP contribution in [0.15, 0.2) is 0 Å². The molecule has 3 aliphatic rings. The van der Waals surface area contributed by atoms with Crippen molar-refractivity contribution in [3.63, 3.8) is 0 Å². The summed E-state index contributed by atoms with van der Waals surface area (Å²) in [5, 5.41) is 9.29. The lowest BCUT2D eigenvalue weighted by Gasteiger charge is -2.40. The number of piperazine rings is 1. The molecule has 4 heterocycles. The minimum Gasteiger partial charge on any atom is -0.462 e. The van der Waals surface area contributed by atoms with Crippen LogP contribution in [-0.4, -0.2) is 102 Å². The number of aromatic nitrogens is 2. The van der Waals surface area contributed by atoms with Crippen molar-refractivity contribution in [1.82, 2.24) is 24.7 Å². The lowest BCUT2D eigenvalue weighted by molar-refractivity contribution is 0.0220. The van der Waals surface area contributed by atoms with Gasteiger partial charge in [-0.25, -0.2) is 4.79 Å². The number of hydrogen-bond donors (Lipinski definition) is 0. The van der Waals surface area contributed by atoms with E-state index in [1.807, 2.05) is 20.8 Å². The van der Waals surface area contributed by atoms with Crippen LogP contribution in [0, 0.1) is 11.3 Å². The Morgan fingerprint density at radius 3 is 2.57 bits per heavy atom. The van der Waals surface area contributed by atoms with Crippen molar-refractivity contribution in [3.05, 3.63) is 11.3 Å². The quantitative estimate of drug-likeness (QED) is 0.622. The Kier molecular flexibility index (Phi) is 7.67. The highest BCUT2D eigenvalue weighted by Gasteiger charge is 2.33. The number of ether oxygens (including phenoxy) is 2. The predicted molar refractivity (Wildman–Crippen MR) is 132 cm³/mol. The first kappa shape index (κ1) is 25.5. The number of likely N-dealkylation sites (N-methyl/N-ethyl adjacent to an activating group) is 2. The summed E-state index contributed by atoms with van der Waals surface area (Å²) < 4.78 is 11.8. The van der Waals surface area contributed by atoms with Crippen molar-refractivity contribution in [2.75, 3.05) is 58.3 Å². The summed E-state index contributed by atoms with van der Waals surface area (Å²) in [7, 11) is 4.19. The van der Waals surface area contributed by atoms with Crippen LogP contribution in [-0.2, 0) is 17.7 Å². The Labute approximate surface area is 208 Å². The topological polar surface area (TPSA) is 98.1 Å². The fraction of sp³-hybridized carbons (Fsp3) is 0.760. The molecule has 10 nitrogen and oxygen atoms in total. The van der Waals surface area contributed by atoms with Gasteiger partial charge in [0.25, 0.3) is 0 Å². The van der Waals surface area contributed by atoms with Gasteiger partial charge in [0, 0.05) is 43.8 Å². The van der Waals surface area contributed by atoms with E-state index in [9.17, 15) is 10.1 Å². The largest absolute Gasteiger partial charge is 0.462 e. The fourth-order valence-electron chi connectivity index (χ4n) is 5.02. The third-order valence-corrected chi connectivity index (χ3v) is 7.15. The maximum Gasteiger partial charge on any atom is 0.410 e. The number of likely N-dealkylation sites (tertiary alicyclic amines) is 1. The highest BCUT2D eigenvalue weighted by molar-refractivity contribution is 5.69. The molecule has 35 heavy (non-hydrogen) atoms. The Bertz CT molecular complexity index is 958. The van der Waals surface area contributed by atoms with Gasteiger partial charge in [0.05, 0.1) is 24.7 Å². The number of anilines is 1. The maximum absolute atomic E-state index is 12.8. The standard InChI is InChI=1S/C25H39N7O3/c1-25(2,3)35-24(33)32-12-9-20-21(16-32)27-23(34-17-19-7-6-11-29(19)4)28-22(20)31-14-13-30(5)18(15-31)8-10-26/h18-19H,6-9,11-17H2,1-5H3/t18-,19+/m0/s1. The molecule has 0 N–H and O–H groups in total. The lowest BCUT2D eigenvalue weighted by Crippen LogP contribution is -2.52. The Balaban J connectivity index is 1.59. The van der Waals surface area contributed by atoms with Crippen molar-refractivity contribution in [1.29, 1.82) is 5.26 Å². The fourth-order valence-corrected chi connectivity index (χ4v) is 5.02. The van der Waals surface area contributed by atoms with Crippen LogP contribution < -0.4 is 9.64 Å². The first-order valence-electron chi connectivity index (χ1n) is 12.7. The number of amides is 1. The van der Waals surface area contributed by atoms with Crippen molar-refractivity contribution in [2.24, 2.45) is 0 Å². The molecule has 2 fully saturated rings. The van der Waals surface area contributed by atoms with Gasteiger partial charge < -0.3 is 24.2 Å². The van der Waals surface area contributed by atoms with E-state index < -0.39 is 5.60 Å². The normalized spacial score (nSPS) is 23.7. The van der Waals surface area contributed by atoms with Crippen LogP contribution in [0.3, 0.4) is 0 Å². The number of rotatable bonds is 5. The molecule has 3 aliphatic heterocycles. The van der Waals surface area contributed by atoms with Gasteiger partial charge in [0.1, 0.15) is 18.0 Å². The van der Waals surface area contributed by atoms with E-state index in [4.69, 9.17) is 19.4 Å². The van der Waals surface area contributed by atoms with Gasteiger partial charge in [-0.1, -0.05) is 0 Å². The second kappa shape index (κ2) is 10.5. The zero-order valence-corrected chi connectivity index (χ0v) is 21.8. The number of nitrogens with zero attached hydrogens (tertiary/aromatic N) is 7. The third-order valence-electron chi connectivity index (χ3n) is 7.15. The first-order chi connectivity index (χ1) is 16.6. The molecule has 4 rings (SSSR count). The first-order valence-corrected chi connectivity index (χ1v) is 12.7. The Morgan fingerprint density at radius 1 is 1.11 bits per heavy atom. The smallest absolute Gasteiger partial charge is 0.410 e. The van der Waals surface area contributed by atoms with E-state index in [2.05, 4.69) is 34.9 Å².